The van der Waals surface area contributed by atoms with Crippen molar-refractivity contribution in [3.05, 3.63) is 23.0 Å². The molecule has 0 N–H and O–H groups in total. The third-order valence-electron chi connectivity index (χ3n) is 3.08. The maximum atomic E-state index is 4.61. The highest BCUT2D eigenvalue weighted by atomic mass is 15.0. The normalized spacial score (nSPS) is 11.1. The summed E-state index contributed by atoms with van der Waals surface area (Å²) in [5.41, 5.74) is 3.98. The molecule has 0 unspecified atom stereocenters. The van der Waals surface area contributed by atoms with E-state index < -0.39 is 0 Å². The highest BCUT2D eigenvalue weighted by Gasteiger charge is 2.12. The molecule has 96 valence electrons. The Balaban J connectivity index is 2.80. The number of rotatable bonds is 4. The van der Waals surface area contributed by atoms with Gasteiger partial charge in [-0.1, -0.05) is 27.7 Å². The van der Waals surface area contributed by atoms with Gasteiger partial charge in [-0.2, -0.15) is 0 Å². The molecular formula is C14H20N4. The lowest BCUT2D eigenvalue weighted by molar-refractivity contribution is 0.864. The van der Waals surface area contributed by atoms with Gasteiger partial charge in [0.1, 0.15) is 22.7 Å². The third-order valence-corrected chi connectivity index (χ3v) is 3.08. The van der Waals surface area contributed by atoms with E-state index in [1.54, 1.807) is 0 Å². The number of aromatic nitrogens is 4. The van der Waals surface area contributed by atoms with Crippen LogP contribution in [0.2, 0.25) is 0 Å². The number of hydrogen-bond donors (Lipinski definition) is 0. The molecule has 0 aromatic carbocycles. The zero-order chi connectivity index (χ0) is 13.1. The van der Waals surface area contributed by atoms with E-state index in [2.05, 4.69) is 47.6 Å². The summed E-state index contributed by atoms with van der Waals surface area (Å²) in [5, 5.41) is 0. The predicted octanol–water partition coefficient (Wildman–Crippen LogP) is 2.67. The molecule has 4 nitrogen and oxygen atoms in total. The summed E-state index contributed by atoms with van der Waals surface area (Å²) in [6.45, 7) is 8.38. The van der Waals surface area contributed by atoms with Crippen molar-refractivity contribution >= 4 is 11.0 Å². The Bertz CT molecular complexity index is 512. The van der Waals surface area contributed by atoms with Gasteiger partial charge in [0.25, 0.3) is 0 Å². The van der Waals surface area contributed by atoms with Crippen LogP contribution < -0.4 is 0 Å². The van der Waals surface area contributed by atoms with Crippen LogP contribution in [0.1, 0.15) is 50.7 Å². The van der Waals surface area contributed by atoms with Gasteiger partial charge in [-0.3, -0.25) is 0 Å². The van der Waals surface area contributed by atoms with Crippen LogP contribution in [0, 0.1) is 0 Å². The maximum Gasteiger partial charge on any atom is 0.129 e. The first kappa shape index (κ1) is 12.9. The van der Waals surface area contributed by atoms with Crippen LogP contribution in [0.25, 0.3) is 11.0 Å². The van der Waals surface area contributed by atoms with Crippen LogP contribution in [-0.2, 0) is 25.7 Å². The molecule has 0 saturated carbocycles. The second-order valence-corrected chi connectivity index (χ2v) is 4.28. The molecule has 2 aromatic heterocycles. The van der Waals surface area contributed by atoms with Gasteiger partial charge in [-0.15, -0.1) is 0 Å². The molecule has 0 radical (unpaired) electrons. The van der Waals surface area contributed by atoms with Crippen molar-refractivity contribution in [2.24, 2.45) is 0 Å². The van der Waals surface area contributed by atoms with Gasteiger partial charge >= 0.3 is 0 Å². The average Bonchev–Trinajstić information content (AvgIpc) is 2.44. The average molecular weight is 244 g/mol. The predicted molar refractivity (Wildman–Crippen MR) is 72.6 cm³/mol. The lowest BCUT2D eigenvalue weighted by atomic mass is 10.2. The minimum atomic E-state index is 0.849. The van der Waals surface area contributed by atoms with Gasteiger partial charge in [0.15, 0.2) is 0 Å². The summed E-state index contributed by atoms with van der Waals surface area (Å²) in [4.78, 5) is 18.4. The molecule has 0 aliphatic carbocycles. The van der Waals surface area contributed by atoms with Gasteiger partial charge < -0.3 is 0 Å². The largest absolute Gasteiger partial charge is 0.236 e. The zero-order valence-electron chi connectivity index (χ0n) is 11.6. The van der Waals surface area contributed by atoms with Crippen molar-refractivity contribution < 1.29 is 0 Å². The molecule has 0 amide bonds. The molecule has 0 aliphatic heterocycles. The van der Waals surface area contributed by atoms with Crippen LogP contribution in [0.3, 0.4) is 0 Å². The second kappa shape index (κ2) is 5.38. The molecule has 0 aliphatic rings. The summed E-state index contributed by atoms with van der Waals surface area (Å²) in [6, 6.07) is 0. The van der Waals surface area contributed by atoms with Crippen molar-refractivity contribution in [3.8, 4) is 0 Å². The van der Waals surface area contributed by atoms with Crippen LogP contribution in [-0.4, -0.2) is 19.9 Å². The Labute approximate surface area is 108 Å². The van der Waals surface area contributed by atoms with Gasteiger partial charge in [0, 0.05) is 12.8 Å². The van der Waals surface area contributed by atoms with E-state index in [0.29, 0.717) is 0 Å². The molecule has 18 heavy (non-hydrogen) atoms. The van der Waals surface area contributed by atoms with E-state index in [4.69, 9.17) is 0 Å². The summed E-state index contributed by atoms with van der Waals surface area (Å²) in [6.07, 6.45) is 3.47. The Hall–Kier alpha value is -1.58. The molecule has 2 aromatic rings. The molecular weight excluding hydrogens is 224 g/mol. The molecule has 0 saturated heterocycles. The Morgan fingerprint density at radius 3 is 1.22 bits per heavy atom. The molecule has 0 atom stereocenters. The van der Waals surface area contributed by atoms with Crippen LogP contribution in [0.5, 0.6) is 0 Å². The standard InChI is InChI=1S/C14H20N4/c1-5-9-13-14(18-11(7-3)15-9)10(6-2)16-12(8-4)17-13/h5-8H2,1-4H3. The van der Waals surface area contributed by atoms with E-state index >= 15 is 0 Å². The van der Waals surface area contributed by atoms with Gasteiger partial charge in [0.2, 0.25) is 0 Å². The molecule has 2 rings (SSSR count). The fraction of sp³-hybridized carbons (Fsp3) is 0.571. The minimum Gasteiger partial charge on any atom is -0.236 e. The number of hydrogen-bond acceptors (Lipinski definition) is 4. The summed E-state index contributed by atoms with van der Waals surface area (Å²) < 4.78 is 0. The summed E-state index contributed by atoms with van der Waals surface area (Å²) in [5.74, 6) is 1.78. The third kappa shape index (κ3) is 2.19. The highest BCUT2D eigenvalue weighted by molar-refractivity contribution is 5.78. The van der Waals surface area contributed by atoms with E-state index in [-0.39, 0.29) is 0 Å². The lowest BCUT2D eigenvalue weighted by Crippen LogP contribution is -2.07. The van der Waals surface area contributed by atoms with Crippen LogP contribution in [0.4, 0.5) is 0 Å². The van der Waals surface area contributed by atoms with Crippen molar-refractivity contribution in [2.75, 3.05) is 0 Å². The molecule has 2 heterocycles. The molecule has 0 fully saturated rings. The Morgan fingerprint density at radius 1 is 0.556 bits per heavy atom. The van der Waals surface area contributed by atoms with Gasteiger partial charge in [0.05, 0.1) is 11.4 Å². The monoisotopic (exact) mass is 244 g/mol. The lowest BCUT2D eigenvalue weighted by Gasteiger charge is -2.09. The number of fused-ring (bicyclic) bond motifs is 1. The second-order valence-electron chi connectivity index (χ2n) is 4.28. The quantitative estimate of drug-likeness (QED) is 0.829. The van der Waals surface area contributed by atoms with Crippen molar-refractivity contribution in [1.29, 1.82) is 0 Å². The first-order valence-electron chi connectivity index (χ1n) is 6.78. The van der Waals surface area contributed by atoms with Gasteiger partial charge in [-0.05, 0) is 12.8 Å². The Morgan fingerprint density at radius 2 is 0.944 bits per heavy atom. The topological polar surface area (TPSA) is 51.6 Å². The maximum absolute atomic E-state index is 4.61. The summed E-state index contributed by atoms with van der Waals surface area (Å²) in [7, 11) is 0. The number of nitrogens with zero attached hydrogens (tertiary/aromatic N) is 4. The van der Waals surface area contributed by atoms with Crippen LogP contribution in [0.15, 0.2) is 0 Å². The van der Waals surface area contributed by atoms with Crippen LogP contribution >= 0.6 is 0 Å². The van der Waals surface area contributed by atoms with E-state index in [1.807, 2.05) is 0 Å². The van der Waals surface area contributed by atoms with Crippen molar-refractivity contribution in [1.82, 2.24) is 19.9 Å². The van der Waals surface area contributed by atoms with E-state index in [1.165, 1.54) is 0 Å². The molecule has 4 heteroatoms. The number of aryl methyl sites for hydroxylation is 4. The minimum absolute atomic E-state index is 0.849. The smallest absolute Gasteiger partial charge is 0.129 e. The first-order valence-corrected chi connectivity index (χ1v) is 6.78. The van der Waals surface area contributed by atoms with E-state index in [9.17, 15) is 0 Å². The fourth-order valence-corrected chi connectivity index (χ4v) is 2.04. The zero-order valence-corrected chi connectivity index (χ0v) is 11.6. The SMILES string of the molecule is CCc1nc(CC)c2nc(CC)nc(CC)c2n1. The molecule has 0 bridgehead atoms. The van der Waals surface area contributed by atoms with Gasteiger partial charge in [-0.25, -0.2) is 19.9 Å². The fourth-order valence-electron chi connectivity index (χ4n) is 2.04. The van der Waals surface area contributed by atoms with Crippen molar-refractivity contribution in [2.45, 2.75) is 53.4 Å². The van der Waals surface area contributed by atoms with E-state index in [0.717, 1.165) is 59.8 Å². The van der Waals surface area contributed by atoms with Crippen molar-refractivity contribution in [3.63, 3.8) is 0 Å². The summed E-state index contributed by atoms with van der Waals surface area (Å²) >= 11 is 0. The molecule has 0 spiro atoms. The highest BCUT2D eigenvalue weighted by Crippen LogP contribution is 2.18. The first-order chi connectivity index (χ1) is 8.73. The Kier molecular flexibility index (Phi) is 3.84.